The van der Waals surface area contributed by atoms with Gasteiger partial charge in [0.15, 0.2) is 6.29 Å². The average molecular weight is 482 g/mol. The number of ether oxygens (including phenoxy) is 5. The Hall–Kier alpha value is -2.25. The Morgan fingerprint density at radius 1 is 1.12 bits per heavy atom. The van der Waals surface area contributed by atoms with Crippen molar-refractivity contribution in [3.8, 4) is 5.75 Å². The lowest BCUT2D eigenvalue weighted by Gasteiger charge is -2.43. The van der Waals surface area contributed by atoms with Crippen LogP contribution in [0.25, 0.3) is 0 Å². The van der Waals surface area contributed by atoms with Crippen molar-refractivity contribution in [3.63, 3.8) is 0 Å². The number of fused-ring (bicyclic) bond motifs is 1. The molecular formula is C23H30O11. The summed E-state index contributed by atoms with van der Waals surface area (Å²) in [4.78, 5) is 12.7. The molecule has 4 rings (SSSR count). The van der Waals surface area contributed by atoms with Gasteiger partial charge in [0.25, 0.3) is 0 Å². The van der Waals surface area contributed by atoms with Crippen LogP contribution in [-0.4, -0.2) is 93.9 Å². The van der Waals surface area contributed by atoms with Gasteiger partial charge in [-0.1, -0.05) is 0 Å². The van der Waals surface area contributed by atoms with Crippen molar-refractivity contribution in [2.75, 3.05) is 13.7 Å². The number of hydrogen-bond donors (Lipinski definition) is 5. The third-order valence-corrected chi connectivity index (χ3v) is 6.68. The van der Waals surface area contributed by atoms with Crippen molar-refractivity contribution in [2.24, 2.45) is 11.8 Å². The fourth-order valence-corrected chi connectivity index (χ4v) is 4.82. The smallest absolute Gasteiger partial charge is 0.338 e. The molecule has 0 amide bonds. The molecule has 2 aliphatic heterocycles. The fourth-order valence-electron chi connectivity index (χ4n) is 4.82. The van der Waals surface area contributed by atoms with E-state index in [0.29, 0.717) is 11.3 Å². The summed E-state index contributed by atoms with van der Waals surface area (Å²) in [6.07, 6.45) is -6.05. The van der Waals surface area contributed by atoms with Crippen molar-refractivity contribution < 1.29 is 54.0 Å². The molecule has 34 heavy (non-hydrogen) atoms. The van der Waals surface area contributed by atoms with Gasteiger partial charge in [-0.3, -0.25) is 0 Å². The van der Waals surface area contributed by atoms with E-state index in [1.54, 1.807) is 37.3 Å². The van der Waals surface area contributed by atoms with E-state index in [1.807, 2.05) is 0 Å². The van der Waals surface area contributed by atoms with Gasteiger partial charge in [0, 0.05) is 12.3 Å². The Morgan fingerprint density at radius 2 is 1.82 bits per heavy atom. The Bertz CT molecular complexity index is 883. The summed E-state index contributed by atoms with van der Waals surface area (Å²) in [5, 5.41) is 50.8. The number of carbonyl (C=O) groups is 1. The molecule has 0 unspecified atom stereocenters. The molecule has 1 aromatic carbocycles. The molecule has 0 spiro atoms. The first kappa shape index (κ1) is 24.9. The van der Waals surface area contributed by atoms with E-state index in [-0.39, 0.29) is 6.42 Å². The highest BCUT2D eigenvalue weighted by Crippen LogP contribution is 2.48. The number of methoxy groups -OCH3 is 1. The predicted octanol–water partition coefficient (Wildman–Crippen LogP) is -0.706. The first-order valence-corrected chi connectivity index (χ1v) is 11.0. The van der Waals surface area contributed by atoms with Gasteiger partial charge in [-0.25, -0.2) is 4.79 Å². The molecule has 2 fully saturated rings. The fraction of sp³-hybridized carbons (Fsp3) is 0.609. The Morgan fingerprint density at radius 3 is 2.47 bits per heavy atom. The molecule has 1 aliphatic carbocycles. The van der Waals surface area contributed by atoms with Crippen LogP contribution in [0.1, 0.15) is 23.7 Å². The maximum absolute atomic E-state index is 12.7. The van der Waals surface area contributed by atoms with Gasteiger partial charge >= 0.3 is 5.97 Å². The lowest BCUT2D eigenvalue weighted by atomic mass is 9.85. The summed E-state index contributed by atoms with van der Waals surface area (Å²) < 4.78 is 27.5. The number of esters is 1. The Kier molecular flexibility index (Phi) is 7.15. The second kappa shape index (κ2) is 9.78. The highest BCUT2D eigenvalue weighted by molar-refractivity contribution is 5.89. The van der Waals surface area contributed by atoms with E-state index in [1.165, 1.54) is 13.4 Å². The van der Waals surface area contributed by atoms with Crippen molar-refractivity contribution in [3.05, 3.63) is 42.2 Å². The molecule has 0 aromatic heterocycles. The third kappa shape index (κ3) is 4.65. The summed E-state index contributed by atoms with van der Waals surface area (Å²) in [6, 6.07) is 6.44. The van der Waals surface area contributed by atoms with Crippen LogP contribution in [0.2, 0.25) is 0 Å². The van der Waals surface area contributed by atoms with Crippen molar-refractivity contribution in [1.82, 2.24) is 0 Å². The number of hydrogen-bond acceptors (Lipinski definition) is 11. The monoisotopic (exact) mass is 482 g/mol. The molecule has 0 radical (unpaired) electrons. The molecule has 1 aromatic rings. The molecule has 0 bridgehead atoms. The topological polar surface area (TPSA) is 164 Å². The molecule has 11 heteroatoms. The van der Waals surface area contributed by atoms with Crippen LogP contribution in [0.5, 0.6) is 5.75 Å². The van der Waals surface area contributed by atoms with Gasteiger partial charge in [0.2, 0.25) is 6.29 Å². The molecule has 1 saturated carbocycles. The van der Waals surface area contributed by atoms with E-state index in [9.17, 15) is 30.3 Å². The van der Waals surface area contributed by atoms with Gasteiger partial charge in [0.05, 0.1) is 37.1 Å². The number of aliphatic hydroxyl groups is 5. The van der Waals surface area contributed by atoms with Crippen LogP contribution in [0.4, 0.5) is 0 Å². The molecular weight excluding hydrogens is 452 g/mol. The first-order valence-electron chi connectivity index (χ1n) is 11.0. The normalized spacial score (nSPS) is 41.4. The van der Waals surface area contributed by atoms with Gasteiger partial charge < -0.3 is 49.2 Å². The van der Waals surface area contributed by atoms with Crippen molar-refractivity contribution >= 4 is 5.97 Å². The van der Waals surface area contributed by atoms with Gasteiger partial charge in [-0.2, -0.15) is 0 Å². The summed E-state index contributed by atoms with van der Waals surface area (Å²) in [6.45, 7) is 0.960. The number of rotatable bonds is 6. The number of carbonyl (C=O) groups excluding carboxylic acids is 1. The zero-order valence-corrected chi connectivity index (χ0v) is 18.8. The predicted molar refractivity (Wildman–Crippen MR) is 113 cm³/mol. The molecule has 1 saturated heterocycles. The summed E-state index contributed by atoms with van der Waals surface area (Å²) in [5.41, 5.74) is -1.05. The highest BCUT2D eigenvalue weighted by Gasteiger charge is 2.58. The lowest BCUT2D eigenvalue weighted by molar-refractivity contribution is -0.346. The van der Waals surface area contributed by atoms with Crippen LogP contribution in [0, 0.1) is 11.8 Å². The van der Waals surface area contributed by atoms with E-state index in [0.717, 1.165) is 0 Å². The van der Waals surface area contributed by atoms with Crippen molar-refractivity contribution in [2.45, 2.75) is 62.0 Å². The zero-order valence-electron chi connectivity index (χ0n) is 18.8. The highest BCUT2D eigenvalue weighted by atomic mass is 16.8. The van der Waals surface area contributed by atoms with Crippen molar-refractivity contribution in [1.29, 1.82) is 0 Å². The zero-order chi connectivity index (χ0) is 24.6. The molecule has 3 aliphatic rings. The quantitative estimate of drug-likeness (QED) is 0.326. The van der Waals surface area contributed by atoms with Crippen LogP contribution in [-0.2, 0) is 18.9 Å². The first-order chi connectivity index (χ1) is 16.2. The minimum atomic E-state index is -1.62. The second-order valence-electron chi connectivity index (χ2n) is 9.00. The largest absolute Gasteiger partial charge is 0.497 e. The lowest BCUT2D eigenvalue weighted by Crippen LogP contribution is -2.60. The Balaban J connectivity index is 1.48. The summed E-state index contributed by atoms with van der Waals surface area (Å²) in [5.74, 6) is -1.14. The number of benzene rings is 1. The van der Waals surface area contributed by atoms with E-state index in [4.69, 9.17) is 23.7 Å². The summed E-state index contributed by atoms with van der Waals surface area (Å²) >= 11 is 0. The van der Waals surface area contributed by atoms with E-state index in [2.05, 4.69) is 0 Å². The second-order valence-corrected chi connectivity index (χ2v) is 9.00. The van der Waals surface area contributed by atoms with Gasteiger partial charge in [-0.15, -0.1) is 0 Å². The molecule has 10 atom stereocenters. The molecule has 11 nitrogen and oxygen atoms in total. The maximum atomic E-state index is 12.7. The minimum Gasteiger partial charge on any atom is -0.497 e. The summed E-state index contributed by atoms with van der Waals surface area (Å²) in [7, 11) is 1.52. The molecule has 188 valence electrons. The molecule has 2 heterocycles. The maximum Gasteiger partial charge on any atom is 0.338 e. The average Bonchev–Trinajstić information content (AvgIpc) is 3.09. The van der Waals surface area contributed by atoms with Crippen LogP contribution in [0.3, 0.4) is 0 Å². The van der Waals surface area contributed by atoms with Crippen LogP contribution < -0.4 is 4.74 Å². The minimum absolute atomic E-state index is 0.104. The van der Waals surface area contributed by atoms with E-state index < -0.39 is 73.1 Å². The molecule has 5 N–H and O–H groups in total. The van der Waals surface area contributed by atoms with Crippen LogP contribution >= 0.6 is 0 Å². The number of aliphatic hydroxyl groups excluding tert-OH is 4. The van der Waals surface area contributed by atoms with Crippen LogP contribution in [0.15, 0.2) is 36.6 Å². The Labute approximate surface area is 196 Å². The third-order valence-electron chi connectivity index (χ3n) is 6.68. The SMILES string of the molecule is COc1ccc(C(=O)O[C@@H]2C[C@@](C)(O)[C@H]3[C@H](O[C@@H]4O[C@@H](CO)[C@@H](O)[C@@H](O)[C@H]4O)OC=C[C@H]32)cc1. The van der Waals surface area contributed by atoms with E-state index >= 15 is 0 Å². The van der Waals surface area contributed by atoms with Gasteiger partial charge in [0.1, 0.15) is 36.3 Å². The van der Waals surface area contributed by atoms with Gasteiger partial charge in [-0.05, 0) is 37.3 Å². The standard InChI is InChI=1S/C23H30O11/c1-23(29)9-14(32-20(28)11-3-5-12(30-2)6-4-11)13-7-8-31-21(16(13)23)34-22-19(27)18(26)17(25)15(10-24)33-22/h3-8,13-19,21-22,24-27,29H,9-10H2,1-2H3/t13-,14+,15-,16+,17+,18+,19+,21-,22-,23+/m0/s1.